The van der Waals surface area contributed by atoms with Crippen molar-refractivity contribution in [2.45, 2.75) is 58.7 Å². The molecule has 7 nitrogen and oxygen atoms in total. The number of hydrogen-bond acceptors (Lipinski definition) is 5. The molecule has 24 heavy (non-hydrogen) atoms. The zero-order valence-electron chi connectivity index (χ0n) is 14.6. The number of nitro groups is 1. The average Bonchev–Trinajstić information content (AvgIpc) is 3.27. The number of ether oxygens (including phenoxy) is 2. The number of rotatable bonds is 6. The number of amides is 1. The van der Waals surface area contributed by atoms with Crippen molar-refractivity contribution >= 4 is 11.8 Å². The van der Waals surface area contributed by atoms with Gasteiger partial charge in [-0.25, -0.2) is 4.79 Å². The third-order valence-corrected chi connectivity index (χ3v) is 3.44. The Hall–Kier alpha value is -2.31. The van der Waals surface area contributed by atoms with Gasteiger partial charge in [0.2, 0.25) is 0 Å². The van der Waals surface area contributed by atoms with E-state index in [1.54, 1.807) is 11.0 Å². The summed E-state index contributed by atoms with van der Waals surface area (Å²) in [6.07, 6.45) is 1.45. The van der Waals surface area contributed by atoms with E-state index in [9.17, 15) is 14.9 Å². The summed E-state index contributed by atoms with van der Waals surface area (Å²) >= 11 is 0. The van der Waals surface area contributed by atoms with E-state index in [1.807, 2.05) is 27.7 Å². The second kappa shape index (κ2) is 7.07. The van der Waals surface area contributed by atoms with Crippen LogP contribution in [0.1, 0.15) is 46.1 Å². The molecule has 0 unspecified atom stereocenters. The Kier molecular flexibility index (Phi) is 5.31. The Balaban J connectivity index is 2.22. The maximum Gasteiger partial charge on any atom is 0.410 e. The molecule has 0 radical (unpaired) electrons. The second-order valence-corrected chi connectivity index (χ2v) is 6.86. The van der Waals surface area contributed by atoms with Crippen molar-refractivity contribution in [2.75, 3.05) is 6.61 Å². The summed E-state index contributed by atoms with van der Waals surface area (Å²) < 4.78 is 10.8. The first-order valence-corrected chi connectivity index (χ1v) is 8.10. The van der Waals surface area contributed by atoms with Crippen molar-refractivity contribution in [3.05, 3.63) is 33.9 Å². The molecule has 1 aliphatic carbocycles. The van der Waals surface area contributed by atoms with Crippen molar-refractivity contribution in [2.24, 2.45) is 0 Å². The highest BCUT2D eigenvalue weighted by atomic mass is 16.6. The van der Waals surface area contributed by atoms with E-state index in [1.165, 1.54) is 12.1 Å². The molecule has 1 amide bonds. The van der Waals surface area contributed by atoms with E-state index in [-0.39, 0.29) is 18.3 Å². The fourth-order valence-corrected chi connectivity index (χ4v) is 2.34. The van der Waals surface area contributed by atoms with Gasteiger partial charge in [-0.15, -0.1) is 0 Å². The number of benzene rings is 1. The summed E-state index contributed by atoms with van der Waals surface area (Å²) in [5.41, 5.74) is 0.0323. The van der Waals surface area contributed by atoms with E-state index in [2.05, 4.69) is 0 Å². The smallest absolute Gasteiger partial charge is 0.410 e. The van der Waals surface area contributed by atoms with E-state index < -0.39 is 16.6 Å². The van der Waals surface area contributed by atoms with Crippen LogP contribution in [-0.2, 0) is 11.3 Å². The lowest BCUT2D eigenvalue weighted by Gasteiger charge is -2.27. The molecule has 0 N–H and O–H groups in total. The van der Waals surface area contributed by atoms with Crippen molar-refractivity contribution in [3.63, 3.8) is 0 Å². The Morgan fingerprint density at radius 2 is 2.00 bits per heavy atom. The Morgan fingerprint density at radius 3 is 2.50 bits per heavy atom. The molecule has 0 spiro atoms. The number of carbonyl (C=O) groups is 1. The molecule has 0 saturated heterocycles. The fourth-order valence-electron chi connectivity index (χ4n) is 2.34. The van der Waals surface area contributed by atoms with Gasteiger partial charge in [0.15, 0.2) is 0 Å². The van der Waals surface area contributed by atoms with Crippen LogP contribution >= 0.6 is 0 Å². The maximum absolute atomic E-state index is 12.4. The Morgan fingerprint density at radius 1 is 1.33 bits per heavy atom. The van der Waals surface area contributed by atoms with Gasteiger partial charge in [-0.3, -0.25) is 10.1 Å². The first-order chi connectivity index (χ1) is 11.2. The maximum atomic E-state index is 12.4. The molecule has 1 aliphatic rings. The molecule has 0 atom stereocenters. The van der Waals surface area contributed by atoms with Crippen molar-refractivity contribution in [1.82, 2.24) is 4.90 Å². The predicted octanol–water partition coefficient (Wildman–Crippen LogP) is 3.89. The molecule has 132 valence electrons. The molecule has 0 heterocycles. The van der Waals surface area contributed by atoms with Gasteiger partial charge >= 0.3 is 6.09 Å². The van der Waals surface area contributed by atoms with Crippen molar-refractivity contribution < 1.29 is 19.2 Å². The van der Waals surface area contributed by atoms with Crippen LogP contribution < -0.4 is 4.74 Å². The molecule has 7 heteroatoms. The lowest BCUT2D eigenvalue weighted by atomic mass is 10.1. The number of hydrogen-bond donors (Lipinski definition) is 0. The number of non-ortho nitro benzene ring substituents is 1. The van der Waals surface area contributed by atoms with Gasteiger partial charge in [-0.1, -0.05) is 0 Å². The second-order valence-electron chi connectivity index (χ2n) is 6.86. The molecule has 1 aromatic carbocycles. The minimum atomic E-state index is -0.580. The summed E-state index contributed by atoms with van der Waals surface area (Å²) in [7, 11) is 0. The molecule has 0 aromatic heterocycles. The third-order valence-electron chi connectivity index (χ3n) is 3.44. The first kappa shape index (κ1) is 18.0. The van der Waals surface area contributed by atoms with E-state index in [0.717, 1.165) is 12.8 Å². The predicted molar refractivity (Wildman–Crippen MR) is 89.1 cm³/mol. The summed E-state index contributed by atoms with van der Waals surface area (Å²) in [6, 6.07) is 4.73. The van der Waals surface area contributed by atoms with Crippen LogP contribution in [-0.4, -0.2) is 34.2 Å². The van der Waals surface area contributed by atoms with Crippen LogP contribution in [0.25, 0.3) is 0 Å². The monoisotopic (exact) mass is 336 g/mol. The minimum Gasteiger partial charge on any atom is -0.494 e. The van der Waals surface area contributed by atoms with Crippen molar-refractivity contribution in [3.8, 4) is 5.75 Å². The molecule has 2 rings (SSSR count). The molecule has 0 aliphatic heterocycles. The number of nitro benzene ring substituents is 1. The summed E-state index contributed by atoms with van der Waals surface area (Å²) in [6.45, 7) is 7.94. The summed E-state index contributed by atoms with van der Waals surface area (Å²) in [4.78, 5) is 24.7. The quantitative estimate of drug-likeness (QED) is 0.581. The largest absolute Gasteiger partial charge is 0.494 e. The van der Waals surface area contributed by atoms with Gasteiger partial charge in [0.25, 0.3) is 5.69 Å². The summed E-state index contributed by atoms with van der Waals surface area (Å²) in [5.74, 6) is 0.432. The standard InChI is InChI=1S/C17H24N2O5/c1-5-23-15-9-12(8-14(10-15)19(21)22)11-18(13-6-7-13)16(20)24-17(2,3)4/h8-10,13H,5-7,11H2,1-4H3. The van der Waals surface area contributed by atoms with Gasteiger partial charge in [0, 0.05) is 18.7 Å². The van der Waals surface area contributed by atoms with Gasteiger partial charge in [0.1, 0.15) is 11.4 Å². The van der Waals surface area contributed by atoms with Gasteiger partial charge in [-0.2, -0.15) is 0 Å². The van der Waals surface area contributed by atoms with Crippen LogP contribution in [0.15, 0.2) is 18.2 Å². The van der Waals surface area contributed by atoms with Crippen LogP contribution in [0.2, 0.25) is 0 Å². The van der Waals surface area contributed by atoms with E-state index in [4.69, 9.17) is 9.47 Å². The highest BCUT2D eigenvalue weighted by Crippen LogP contribution is 2.31. The SMILES string of the molecule is CCOc1cc(CN(C(=O)OC(C)(C)C)C2CC2)cc([N+](=O)[O-])c1. The first-order valence-electron chi connectivity index (χ1n) is 8.10. The molecule has 1 fully saturated rings. The lowest BCUT2D eigenvalue weighted by Crippen LogP contribution is -2.37. The van der Waals surface area contributed by atoms with Gasteiger partial charge in [0.05, 0.1) is 17.6 Å². The van der Waals surface area contributed by atoms with Crippen LogP contribution in [0, 0.1) is 10.1 Å². The highest BCUT2D eigenvalue weighted by Gasteiger charge is 2.35. The summed E-state index contributed by atoms with van der Waals surface area (Å²) in [5, 5.41) is 11.1. The highest BCUT2D eigenvalue weighted by molar-refractivity contribution is 5.69. The zero-order valence-corrected chi connectivity index (χ0v) is 14.6. The zero-order chi connectivity index (χ0) is 17.9. The minimum absolute atomic E-state index is 0.0455. The van der Waals surface area contributed by atoms with E-state index in [0.29, 0.717) is 17.9 Å². The Labute approximate surface area is 141 Å². The Bertz CT molecular complexity index is 620. The molecule has 1 saturated carbocycles. The molecular formula is C17H24N2O5. The van der Waals surface area contributed by atoms with Gasteiger partial charge in [-0.05, 0) is 52.2 Å². The van der Waals surface area contributed by atoms with Crippen molar-refractivity contribution in [1.29, 1.82) is 0 Å². The topological polar surface area (TPSA) is 81.9 Å². The van der Waals surface area contributed by atoms with Crippen LogP contribution in [0.4, 0.5) is 10.5 Å². The van der Waals surface area contributed by atoms with Gasteiger partial charge < -0.3 is 14.4 Å². The average molecular weight is 336 g/mol. The fraction of sp³-hybridized carbons (Fsp3) is 0.588. The molecule has 0 bridgehead atoms. The van der Waals surface area contributed by atoms with E-state index >= 15 is 0 Å². The lowest BCUT2D eigenvalue weighted by molar-refractivity contribution is -0.385. The van der Waals surface area contributed by atoms with Crippen LogP contribution in [0.3, 0.4) is 0 Å². The number of nitrogens with zero attached hydrogens (tertiary/aromatic N) is 2. The molecular weight excluding hydrogens is 312 g/mol. The normalized spacial score (nSPS) is 14.2. The third kappa shape index (κ3) is 5.11. The number of carbonyl (C=O) groups excluding carboxylic acids is 1. The molecule has 1 aromatic rings. The van der Waals surface area contributed by atoms with Crippen LogP contribution in [0.5, 0.6) is 5.75 Å².